The van der Waals surface area contributed by atoms with E-state index in [0.29, 0.717) is 5.56 Å². The van der Waals surface area contributed by atoms with E-state index in [2.05, 4.69) is 12.2 Å². The summed E-state index contributed by atoms with van der Waals surface area (Å²) in [6.45, 7) is 2.22. The summed E-state index contributed by atoms with van der Waals surface area (Å²) < 4.78 is 5.06. The maximum Gasteiger partial charge on any atom is 0.311 e. The Balaban J connectivity index is 1.96. The van der Waals surface area contributed by atoms with Crippen molar-refractivity contribution in [1.29, 1.82) is 0 Å². The molecule has 1 saturated carbocycles. The van der Waals surface area contributed by atoms with Crippen molar-refractivity contribution in [3.8, 4) is 0 Å². The number of aliphatic carboxylic acids is 1. The molecule has 19 heavy (non-hydrogen) atoms. The van der Waals surface area contributed by atoms with Crippen molar-refractivity contribution in [2.75, 3.05) is 0 Å². The van der Waals surface area contributed by atoms with Gasteiger partial charge < -0.3 is 14.8 Å². The van der Waals surface area contributed by atoms with E-state index in [-0.39, 0.29) is 24.1 Å². The van der Waals surface area contributed by atoms with Crippen molar-refractivity contribution in [3.63, 3.8) is 0 Å². The number of carbonyl (C=O) groups is 2. The fraction of sp³-hybridized carbons (Fsp3) is 0.571. The second kappa shape index (κ2) is 5.91. The van der Waals surface area contributed by atoms with Gasteiger partial charge in [0.25, 0.3) is 5.91 Å². The monoisotopic (exact) mass is 265 g/mol. The number of nitrogens with one attached hydrogen (secondary N) is 1. The number of hydrogen-bond acceptors (Lipinski definition) is 3. The molecule has 0 aromatic carbocycles. The molecule has 0 radical (unpaired) electrons. The fourth-order valence-electron chi connectivity index (χ4n) is 2.48. The smallest absolute Gasteiger partial charge is 0.311 e. The van der Waals surface area contributed by atoms with Crippen molar-refractivity contribution < 1.29 is 19.1 Å². The molecule has 1 heterocycles. The highest BCUT2D eigenvalue weighted by atomic mass is 16.4. The van der Waals surface area contributed by atoms with Crippen molar-refractivity contribution in [1.82, 2.24) is 5.32 Å². The van der Waals surface area contributed by atoms with Gasteiger partial charge in [0, 0.05) is 6.04 Å². The first kappa shape index (κ1) is 13.6. The van der Waals surface area contributed by atoms with Gasteiger partial charge in [-0.05, 0) is 37.7 Å². The summed E-state index contributed by atoms with van der Waals surface area (Å²) >= 11 is 0. The van der Waals surface area contributed by atoms with Crippen LogP contribution in [0, 0.1) is 5.92 Å². The topological polar surface area (TPSA) is 79.5 Å². The summed E-state index contributed by atoms with van der Waals surface area (Å²) in [5, 5.41) is 11.7. The van der Waals surface area contributed by atoms with Gasteiger partial charge in [0.2, 0.25) is 0 Å². The van der Waals surface area contributed by atoms with Crippen LogP contribution in [0.5, 0.6) is 0 Å². The first-order valence-corrected chi connectivity index (χ1v) is 6.65. The Kier molecular flexibility index (Phi) is 4.24. The normalized spacial score (nSPS) is 23.0. The second-order valence-electron chi connectivity index (χ2n) is 5.26. The molecule has 1 amide bonds. The van der Waals surface area contributed by atoms with E-state index in [4.69, 9.17) is 9.52 Å². The van der Waals surface area contributed by atoms with E-state index in [9.17, 15) is 9.59 Å². The molecule has 2 rings (SSSR count). The van der Waals surface area contributed by atoms with Crippen LogP contribution in [-0.2, 0) is 11.2 Å². The third kappa shape index (κ3) is 3.59. The molecule has 0 unspecified atom stereocenters. The standard InChI is InChI=1S/C14H19NO4/c1-9-2-4-10(5-3-9)15-14(18)11-6-7-19-12(11)8-13(16)17/h6-7,9-10H,2-5,8H2,1H3,(H,15,18)(H,16,17). The zero-order valence-corrected chi connectivity index (χ0v) is 11.0. The number of carboxylic acid groups (broad SMARTS) is 1. The Labute approximate surface area is 112 Å². The van der Waals surface area contributed by atoms with E-state index < -0.39 is 5.97 Å². The van der Waals surface area contributed by atoms with Crippen LogP contribution < -0.4 is 5.32 Å². The molecule has 104 valence electrons. The molecule has 5 heteroatoms. The van der Waals surface area contributed by atoms with Crippen LogP contribution >= 0.6 is 0 Å². The van der Waals surface area contributed by atoms with Gasteiger partial charge >= 0.3 is 5.97 Å². The minimum Gasteiger partial charge on any atom is -0.481 e. The molecule has 1 aliphatic rings. The zero-order chi connectivity index (χ0) is 13.8. The summed E-state index contributed by atoms with van der Waals surface area (Å²) in [4.78, 5) is 22.8. The number of hydrogen-bond donors (Lipinski definition) is 2. The van der Waals surface area contributed by atoms with E-state index in [1.807, 2.05) is 0 Å². The second-order valence-corrected chi connectivity index (χ2v) is 5.26. The Morgan fingerprint density at radius 1 is 1.37 bits per heavy atom. The van der Waals surface area contributed by atoms with Crippen LogP contribution in [0.2, 0.25) is 0 Å². The quantitative estimate of drug-likeness (QED) is 0.874. The molecule has 0 spiro atoms. The Morgan fingerprint density at radius 3 is 2.68 bits per heavy atom. The predicted molar refractivity (Wildman–Crippen MR) is 68.9 cm³/mol. The number of carboxylic acids is 1. The lowest BCUT2D eigenvalue weighted by Gasteiger charge is -2.26. The summed E-state index contributed by atoms with van der Waals surface area (Å²) in [7, 11) is 0. The van der Waals surface area contributed by atoms with Crippen molar-refractivity contribution in [2.24, 2.45) is 5.92 Å². The predicted octanol–water partition coefficient (Wildman–Crippen LogP) is 2.22. The average Bonchev–Trinajstić information content (AvgIpc) is 2.79. The van der Waals surface area contributed by atoms with Crippen molar-refractivity contribution >= 4 is 11.9 Å². The number of furan rings is 1. The molecule has 1 aromatic rings. The van der Waals surface area contributed by atoms with E-state index in [1.165, 1.54) is 12.3 Å². The lowest BCUT2D eigenvalue weighted by molar-refractivity contribution is -0.136. The highest BCUT2D eigenvalue weighted by molar-refractivity contribution is 5.96. The van der Waals surface area contributed by atoms with Crippen molar-refractivity contribution in [2.45, 2.75) is 45.1 Å². The van der Waals surface area contributed by atoms with Gasteiger partial charge in [-0.15, -0.1) is 0 Å². The summed E-state index contributed by atoms with van der Waals surface area (Å²) in [5.41, 5.74) is 0.334. The van der Waals surface area contributed by atoms with Crippen LogP contribution in [0.1, 0.15) is 48.7 Å². The third-order valence-corrected chi connectivity index (χ3v) is 3.65. The first-order chi connectivity index (χ1) is 9.06. The third-order valence-electron chi connectivity index (χ3n) is 3.65. The minimum atomic E-state index is -1.00. The van der Waals surface area contributed by atoms with Gasteiger partial charge in [0.15, 0.2) is 0 Å². The van der Waals surface area contributed by atoms with Crippen LogP contribution in [0.4, 0.5) is 0 Å². The lowest BCUT2D eigenvalue weighted by atomic mass is 9.87. The van der Waals surface area contributed by atoms with Crippen LogP contribution in [0.25, 0.3) is 0 Å². The molecule has 5 nitrogen and oxygen atoms in total. The number of rotatable bonds is 4. The van der Waals surface area contributed by atoms with E-state index in [0.717, 1.165) is 31.6 Å². The maximum absolute atomic E-state index is 12.1. The van der Waals surface area contributed by atoms with Gasteiger partial charge in [-0.1, -0.05) is 6.92 Å². The molecule has 0 aliphatic heterocycles. The van der Waals surface area contributed by atoms with Gasteiger partial charge in [-0.3, -0.25) is 9.59 Å². The van der Waals surface area contributed by atoms with Crippen LogP contribution in [0.15, 0.2) is 16.7 Å². The summed E-state index contributed by atoms with van der Waals surface area (Å²) in [6, 6.07) is 1.72. The minimum absolute atomic E-state index is 0.191. The average molecular weight is 265 g/mol. The van der Waals surface area contributed by atoms with Gasteiger partial charge in [0.05, 0.1) is 11.8 Å². The highest BCUT2D eigenvalue weighted by Crippen LogP contribution is 2.24. The van der Waals surface area contributed by atoms with Crippen LogP contribution in [-0.4, -0.2) is 23.0 Å². The largest absolute Gasteiger partial charge is 0.481 e. The highest BCUT2D eigenvalue weighted by Gasteiger charge is 2.23. The summed E-state index contributed by atoms with van der Waals surface area (Å²) in [6.07, 6.45) is 5.31. The molecular formula is C14H19NO4. The number of carbonyl (C=O) groups excluding carboxylic acids is 1. The molecule has 1 aliphatic carbocycles. The molecule has 0 bridgehead atoms. The molecule has 2 N–H and O–H groups in total. The zero-order valence-electron chi connectivity index (χ0n) is 11.0. The molecular weight excluding hydrogens is 246 g/mol. The maximum atomic E-state index is 12.1. The Hall–Kier alpha value is -1.78. The van der Waals surface area contributed by atoms with E-state index >= 15 is 0 Å². The molecule has 1 fully saturated rings. The fourth-order valence-corrected chi connectivity index (χ4v) is 2.48. The first-order valence-electron chi connectivity index (χ1n) is 6.65. The Morgan fingerprint density at radius 2 is 2.05 bits per heavy atom. The van der Waals surface area contributed by atoms with E-state index in [1.54, 1.807) is 0 Å². The number of amides is 1. The molecule has 0 atom stereocenters. The SMILES string of the molecule is CC1CCC(NC(=O)c2ccoc2CC(=O)O)CC1. The lowest BCUT2D eigenvalue weighted by Crippen LogP contribution is -2.37. The van der Waals surface area contributed by atoms with Gasteiger partial charge in [-0.25, -0.2) is 0 Å². The molecule has 0 saturated heterocycles. The summed E-state index contributed by atoms with van der Waals surface area (Å²) in [5.74, 6) is -0.293. The van der Waals surface area contributed by atoms with Crippen LogP contribution in [0.3, 0.4) is 0 Å². The molecule has 1 aromatic heterocycles. The Bertz CT molecular complexity index is 458. The van der Waals surface area contributed by atoms with Gasteiger partial charge in [-0.2, -0.15) is 0 Å². The van der Waals surface area contributed by atoms with Gasteiger partial charge in [0.1, 0.15) is 12.2 Å². The van der Waals surface area contributed by atoms with Crippen molar-refractivity contribution in [3.05, 3.63) is 23.7 Å².